The summed E-state index contributed by atoms with van der Waals surface area (Å²) in [4.78, 5) is 11.1. The molecule has 1 heterocycles. The summed E-state index contributed by atoms with van der Waals surface area (Å²) in [6.07, 6.45) is 10.9. The van der Waals surface area contributed by atoms with Gasteiger partial charge in [-0.3, -0.25) is 0 Å². The Hall–Kier alpha value is -1.18. The summed E-state index contributed by atoms with van der Waals surface area (Å²) in [5, 5.41) is 19.5. The van der Waals surface area contributed by atoms with Gasteiger partial charge in [0.05, 0.1) is 29.8 Å². The number of fused-ring (bicyclic) bond motifs is 1. The monoisotopic (exact) mass is 414 g/mol. The fourth-order valence-corrected chi connectivity index (χ4v) is 7.21. The Morgan fingerprint density at radius 1 is 1.29 bits per heavy atom. The third-order valence-corrected chi connectivity index (χ3v) is 8.82. The van der Waals surface area contributed by atoms with E-state index in [1.807, 2.05) is 6.08 Å². The van der Waals surface area contributed by atoms with Crippen LogP contribution in [-0.2, 0) is 19.4 Å². The normalized spacial score (nSPS) is 32.8. The number of carbonyl (C=O) groups excluding carboxylic acids is 1. The lowest BCUT2D eigenvalue weighted by atomic mass is 9.89. The van der Waals surface area contributed by atoms with E-state index in [2.05, 4.69) is 11.7 Å². The minimum atomic E-state index is -3.30. The summed E-state index contributed by atoms with van der Waals surface area (Å²) in [7, 11) is -2.00. The maximum Gasteiger partial charge on any atom is 0.330 e. The second-order valence-electron chi connectivity index (χ2n) is 7.98. The molecule has 6 atom stereocenters. The van der Waals surface area contributed by atoms with E-state index in [1.54, 1.807) is 12.2 Å². The van der Waals surface area contributed by atoms with Gasteiger partial charge in [-0.15, -0.1) is 0 Å². The zero-order valence-electron chi connectivity index (χ0n) is 16.9. The SMILES string of the molecule is CCCCC[C@H](O)C=C[C@@H]1[C@H]2CC(CCC=CC(=O)OC)S(=O)(=O)[C@@H]2C[C@H]1O. The van der Waals surface area contributed by atoms with Gasteiger partial charge in [0.1, 0.15) is 0 Å². The fourth-order valence-electron chi connectivity index (χ4n) is 4.51. The molecule has 0 aromatic carbocycles. The van der Waals surface area contributed by atoms with Crippen LogP contribution in [0.1, 0.15) is 58.3 Å². The second kappa shape index (κ2) is 10.6. The third-order valence-electron chi connectivity index (χ3n) is 6.08. The third kappa shape index (κ3) is 5.67. The van der Waals surface area contributed by atoms with Crippen molar-refractivity contribution < 1.29 is 28.2 Å². The Labute approximate surface area is 168 Å². The first-order chi connectivity index (χ1) is 13.3. The molecule has 6 nitrogen and oxygen atoms in total. The molecular weight excluding hydrogens is 380 g/mol. The Bertz CT molecular complexity index is 668. The van der Waals surface area contributed by atoms with Crippen molar-refractivity contribution in [3.63, 3.8) is 0 Å². The van der Waals surface area contributed by atoms with Crippen molar-refractivity contribution in [3.05, 3.63) is 24.3 Å². The molecule has 1 unspecified atom stereocenters. The van der Waals surface area contributed by atoms with E-state index in [-0.39, 0.29) is 18.3 Å². The second-order valence-corrected chi connectivity index (χ2v) is 10.4. The van der Waals surface area contributed by atoms with Crippen LogP contribution in [-0.4, -0.2) is 54.4 Å². The van der Waals surface area contributed by atoms with Gasteiger partial charge in [0.2, 0.25) is 0 Å². The van der Waals surface area contributed by atoms with Crippen LogP contribution in [0.5, 0.6) is 0 Å². The molecule has 0 bridgehead atoms. The Morgan fingerprint density at radius 3 is 2.71 bits per heavy atom. The number of allylic oxidation sites excluding steroid dienone is 1. The van der Waals surface area contributed by atoms with E-state index in [4.69, 9.17) is 0 Å². The average molecular weight is 415 g/mol. The summed E-state index contributed by atoms with van der Waals surface area (Å²) in [5.74, 6) is -0.776. The first-order valence-electron chi connectivity index (χ1n) is 10.3. The number of sulfone groups is 1. The van der Waals surface area contributed by atoms with Crippen molar-refractivity contribution in [2.24, 2.45) is 11.8 Å². The number of hydrogen-bond acceptors (Lipinski definition) is 6. The number of hydrogen-bond donors (Lipinski definition) is 2. The van der Waals surface area contributed by atoms with Crippen LogP contribution in [0.15, 0.2) is 24.3 Å². The Morgan fingerprint density at radius 2 is 2.04 bits per heavy atom. The highest BCUT2D eigenvalue weighted by Crippen LogP contribution is 2.48. The molecule has 0 amide bonds. The Kier molecular flexibility index (Phi) is 8.71. The van der Waals surface area contributed by atoms with Gasteiger partial charge in [0.15, 0.2) is 9.84 Å². The largest absolute Gasteiger partial charge is 0.466 e. The number of aliphatic hydroxyl groups is 2. The molecule has 160 valence electrons. The number of unbranched alkanes of at least 4 members (excludes halogenated alkanes) is 2. The molecule has 1 aliphatic carbocycles. The maximum atomic E-state index is 12.9. The molecule has 1 saturated carbocycles. The van der Waals surface area contributed by atoms with Gasteiger partial charge in [-0.05, 0) is 38.0 Å². The molecule has 0 aromatic rings. The highest BCUT2D eigenvalue weighted by atomic mass is 32.2. The molecule has 7 heteroatoms. The van der Waals surface area contributed by atoms with Crippen LogP contribution >= 0.6 is 0 Å². The van der Waals surface area contributed by atoms with Gasteiger partial charge in [-0.25, -0.2) is 13.2 Å². The smallest absolute Gasteiger partial charge is 0.330 e. The summed E-state index contributed by atoms with van der Waals surface area (Å²) in [6.45, 7) is 2.11. The molecule has 28 heavy (non-hydrogen) atoms. The molecule has 2 rings (SSSR count). The number of carbonyl (C=O) groups is 1. The lowest BCUT2D eigenvalue weighted by Gasteiger charge is -2.18. The topological polar surface area (TPSA) is 101 Å². The van der Waals surface area contributed by atoms with Gasteiger partial charge in [-0.1, -0.05) is 44.4 Å². The van der Waals surface area contributed by atoms with Crippen LogP contribution in [0, 0.1) is 11.8 Å². The van der Waals surface area contributed by atoms with Crippen molar-refractivity contribution in [2.75, 3.05) is 7.11 Å². The predicted octanol–water partition coefficient (Wildman–Crippen LogP) is 2.55. The molecule has 0 aromatic heterocycles. The maximum absolute atomic E-state index is 12.9. The molecule has 2 aliphatic rings. The zero-order valence-corrected chi connectivity index (χ0v) is 17.7. The lowest BCUT2D eigenvalue weighted by molar-refractivity contribution is -0.134. The van der Waals surface area contributed by atoms with Crippen molar-refractivity contribution >= 4 is 15.8 Å². The van der Waals surface area contributed by atoms with Gasteiger partial charge in [0, 0.05) is 12.0 Å². The number of rotatable bonds is 10. The first-order valence-corrected chi connectivity index (χ1v) is 11.9. The van der Waals surface area contributed by atoms with Crippen molar-refractivity contribution in [1.82, 2.24) is 0 Å². The summed E-state index contributed by atoms with van der Waals surface area (Å²) in [5.41, 5.74) is 0. The summed E-state index contributed by atoms with van der Waals surface area (Å²) >= 11 is 0. The number of aliphatic hydroxyl groups excluding tert-OH is 2. The van der Waals surface area contributed by atoms with Crippen molar-refractivity contribution in [3.8, 4) is 0 Å². The van der Waals surface area contributed by atoms with Crippen LogP contribution in [0.25, 0.3) is 0 Å². The van der Waals surface area contributed by atoms with E-state index < -0.39 is 38.5 Å². The van der Waals surface area contributed by atoms with E-state index in [0.29, 0.717) is 25.7 Å². The van der Waals surface area contributed by atoms with Crippen LogP contribution in [0.4, 0.5) is 0 Å². The minimum absolute atomic E-state index is 0.103. The van der Waals surface area contributed by atoms with Crippen LogP contribution < -0.4 is 0 Å². The molecule has 1 saturated heterocycles. The molecule has 0 radical (unpaired) electrons. The number of methoxy groups -OCH3 is 1. The van der Waals surface area contributed by atoms with E-state index in [9.17, 15) is 23.4 Å². The van der Waals surface area contributed by atoms with Gasteiger partial charge < -0.3 is 14.9 Å². The summed E-state index contributed by atoms with van der Waals surface area (Å²) < 4.78 is 30.3. The van der Waals surface area contributed by atoms with Crippen LogP contribution in [0.2, 0.25) is 0 Å². The lowest BCUT2D eigenvalue weighted by Crippen LogP contribution is -2.24. The van der Waals surface area contributed by atoms with Crippen molar-refractivity contribution in [1.29, 1.82) is 0 Å². The predicted molar refractivity (Wildman–Crippen MR) is 108 cm³/mol. The Balaban J connectivity index is 1.96. The fraction of sp³-hybridized carbons (Fsp3) is 0.762. The van der Waals surface area contributed by atoms with E-state index in [1.165, 1.54) is 13.2 Å². The molecule has 2 fully saturated rings. The first kappa shape index (κ1) is 23.1. The molecule has 1 aliphatic heterocycles. The molecule has 0 spiro atoms. The van der Waals surface area contributed by atoms with Gasteiger partial charge in [-0.2, -0.15) is 0 Å². The van der Waals surface area contributed by atoms with E-state index >= 15 is 0 Å². The number of esters is 1. The van der Waals surface area contributed by atoms with E-state index in [0.717, 1.165) is 19.3 Å². The quantitative estimate of drug-likeness (QED) is 0.247. The molecular formula is C21H34O6S. The van der Waals surface area contributed by atoms with Gasteiger partial charge >= 0.3 is 5.97 Å². The highest BCUT2D eigenvalue weighted by molar-refractivity contribution is 7.93. The number of ether oxygens (including phenoxy) is 1. The standard InChI is InChI=1S/C21H34O6S/c1-3-4-5-8-15(22)11-12-17-18-13-16(9-6-7-10-21(24)27-2)28(25,26)20(18)14-19(17)23/h7,10-12,15-20,22-23H,3-6,8-9,13-14H2,1-2H3/t15-,16?,17+,18+,19+,20+/m0/s1. The minimum Gasteiger partial charge on any atom is -0.466 e. The average Bonchev–Trinajstić information content (AvgIpc) is 3.09. The van der Waals surface area contributed by atoms with Gasteiger partial charge in [0.25, 0.3) is 0 Å². The highest BCUT2D eigenvalue weighted by Gasteiger charge is 2.55. The van der Waals surface area contributed by atoms with Crippen LogP contribution in [0.3, 0.4) is 0 Å². The summed E-state index contributed by atoms with van der Waals surface area (Å²) in [6, 6.07) is 0. The molecule has 2 N–H and O–H groups in total. The van der Waals surface area contributed by atoms with Crippen molar-refractivity contribution in [2.45, 2.75) is 81.0 Å². The zero-order chi connectivity index (χ0) is 20.7.